The summed E-state index contributed by atoms with van der Waals surface area (Å²) in [6, 6.07) is 24.2. The molecule has 0 bridgehead atoms. The lowest BCUT2D eigenvalue weighted by molar-refractivity contribution is -0.104. The number of carbonyl (C=O) groups excluding carboxylic acids is 2. The summed E-state index contributed by atoms with van der Waals surface area (Å²) in [4.78, 5) is 22.4. The first-order chi connectivity index (χ1) is 12.8. The van der Waals surface area contributed by atoms with Crippen molar-refractivity contribution < 1.29 is 19.1 Å². The number of hydrogen-bond acceptors (Lipinski definition) is 4. The molecule has 0 aromatic heterocycles. The first-order valence-electron chi connectivity index (χ1n) is 8.23. The fraction of sp³-hybridized carbons (Fsp3) is 0.0909. The fourth-order valence-corrected chi connectivity index (χ4v) is 2.43. The molecule has 0 aliphatic heterocycles. The summed E-state index contributed by atoms with van der Waals surface area (Å²) in [7, 11) is 0. The Morgan fingerprint density at radius 2 is 1.27 bits per heavy atom. The first-order valence-corrected chi connectivity index (χ1v) is 8.23. The molecule has 0 spiro atoms. The van der Waals surface area contributed by atoms with Gasteiger partial charge in [-0.3, -0.25) is 9.59 Å². The van der Waals surface area contributed by atoms with Gasteiger partial charge in [-0.1, -0.05) is 60.7 Å². The van der Waals surface area contributed by atoms with E-state index < -0.39 is 5.78 Å². The zero-order chi connectivity index (χ0) is 18.2. The van der Waals surface area contributed by atoms with Crippen molar-refractivity contribution in [2.45, 2.75) is 13.2 Å². The maximum Gasteiger partial charge on any atom is 0.225 e. The molecule has 0 radical (unpaired) electrons. The molecule has 4 heteroatoms. The average molecular weight is 346 g/mol. The zero-order valence-corrected chi connectivity index (χ0v) is 14.1. The van der Waals surface area contributed by atoms with Crippen LogP contribution < -0.4 is 9.47 Å². The number of rotatable bonds is 8. The molecular weight excluding hydrogens is 328 g/mol. The van der Waals surface area contributed by atoms with Crippen LogP contribution >= 0.6 is 0 Å². The fourth-order valence-electron chi connectivity index (χ4n) is 2.43. The van der Waals surface area contributed by atoms with Gasteiger partial charge in [0.05, 0.1) is 0 Å². The summed E-state index contributed by atoms with van der Waals surface area (Å²) in [5.41, 5.74) is 2.29. The van der Waals surface area contributed by atoms with Crippen molar-refractivity contribution in [1.82, 2.24) is 0 Å². The van der Waals surface area contributed by atoms with E-state index in [4.69, 9.17) is 9.47 Å². The van der Waals surface area contributed by atoms with E-state index in [0.717, 1.165) is 11.1 Å². The van der Waals surface area contributed by atoms with Gasteiger partial charge in [0.2, 0.25) is 5.78 Å². The molecule has 26 heavy (non-hydrogen) atoms. The van der Waals surface area contributed by atoms with Crippen LogP contribution in [0, 0.1) is 0 Å². The van der Waals surface area contributed by atoms with Gasteiger partial charge in [0.1, 0.15) is 13.2 Å². The van der Waals surface area contributed by atoms with Gasteiger partial charge in [-0.25, -0.2) is 0 Å². The number of aldehydes is 1. The van der Waals surface area contributed by atoms with E-state index >= 15 is 0 Å². The SMILES string of the molecule is O=CC(=O)c1ccc(OCc2ccccc2)c(OCc2ccccc2)c1. The average Bonchev–Trinajstić information content (AvgIpc) is 2.72. The Balaban J connectivity index is 1.79. The Morgan fingerprint density at radius 1 is 0.731 bits per heavy atom. The molecule has 0 fully saturated rings. The van der Waals surface area contributed by atoms with E-state index in [2.05, 4.69) is 0 Å². The molecule has 4 nitrogen and oxygen atoms in total. The van der Waals surface area contributed by atoms with Crippen LogP contribution in [0.1, 0.15) is 21.5 Å². The summed E-state index contributed by atoms with van der Waals surface area (Å²) < 4.78 is 11.7. The van der Waals surface area contributed by atoms with Gasteiger partial charge >= 0.3 is 0 Å². The Morgan fingerprint density at radius 3 is 1.81 bits per heavy atom. The monoisotopic (exact) mass is 346 g/mol. The molecule has 0 heterocycles. The number of ether oxygens (including phenoxy) is 2. The van der Waals surface area contributed by atoms with Crippen molar-refractivity contribution >= 4 is 12.1 Å². The third-order valence-corrected chi connectivity index (χ3v) is 3.81. The van der Waals surface area contributed by atoms with Gasteiger partial charge < -0.3 is 9.47 Å². The Kier molecular flexibility index (Phi) is 5.78. The lowest BCUT2D eigenvalue weighted by atomic mass is 10.1. The highest BCUT2D eigenvalue weighted by Gasteiger charge is 2.12. The molecule has 130 valence electrons. The van der Waals surface area contributed by atoms with Crippen LogP contribution in [-0.4, -0.2) is 12.1 Å². The van der Waals surface area contributed by atoms with E-state index in [9.17, 15) is 9.59 Å². The molecule has 0 N–H and O–H groups in total. The van der Waals surface area contributed by atoms with E-state index in [-0.39, 0.29) is 5.56 Å². The second kappa shape index (κ2) is 8.62. The van der Waals surface area contributed by atoms with Gasteiger partial charge in [-0.15, -0.1) is 0 Å². The van der Waals surface area contributed by atoms with Crippen LogP contribution in [0.4, 0.5) is 0 Å². The van der Waals surface area contributed by atoms with Crippen molar-refractivity contribution in [3.8, 4) is 11.5 Å². The normalized spacial score (nSPS) is 10.2. The van der Waals surface area contributed by atoms with Crippen LogP contribution in [0.25, 0.3) is 0 Å². The molecule has 0 saturated carbocycles. The summed E-state index contributed by atoms with van der Waals surface area (Å²) in [5, 5.41) is 0. The van der Waals surface area contributed by atoms with Crippen LogP contribution in [0.2, 0.25) is 0 Å². The number of ketones is 1. The maximum absolute atomic E-state index is 11.7. The highest BCUT2D eigenvalue weighted by Crippen LogP contribution is 2.30. The lowest BCUT2D eigenvalue weighted by Crippen LogP contribution is -2.04. The van der Waals surface area contributed by atoms with Crippen molar-refractivity contribution in [3.05, 3.63) is 95.6 Å². The second-order valence-corrected chi connectivity index (χ2v) is 5.69. The molecule has 0 aliphatic carbocycles. The standard InChI is InChI=1S/C22H18O4/c23-14-20(24)19-11-12-21(25-15-17-7-3-1-4-8-17)22(13-19)26-16-18-9-5-2-6-10-18/h1-14H,15-16H2. The third kappa shape index (κ3) is 4.57. The number of carbonyl (C=O) groups is 2. The van der Waals surface area contributed by atoms with E-state index in [1.54, 1.807) is 18.2 Å². The minimum Gasteiger partial charge on any atom is -0.485 e. The van der Waals surface area contributed by atoms with Crippen molar-refractivity contribution in [2.75, 3.05) is 0 Å². The zero-order valence-electron chi connectivity index (χ0n) is 14.1. The minimum atomic E-state index is -0.593. The molecule has 0 unspecified atom stereocenters. The van der Waals surface area contributed by atoms with Crippen molar-refractivity contribution in [3.63, 3.8) is 0 Å². The molecule has 3 aromatic rings. The quantitative estimate of drug-likeness (QED) is 0.348. The summed E-state index contributed by atoms with van der Waals surface area (Å²) >= 11 is 0. The van der Waals surface area contributed by atoms with E-state index in [0.29, 0.717) is 31.0 Å². The van der Waals surface area contributed by atoms with Crippen molar-refractivity contribution in [2.24, 2.45) is 0 Å². The summed E-state index contributed by atoms with van der Waals surface area (Å²) in [6.45, 7) is 0.713. The summed E-state index contributed by atoms with van der Waals surface area (Å²) in [5.74, 6) is 0.355. The van der Waals surface area contributed by atoms with Gasteiger partial charge in [-0.05, 0) is 29.3 Å². The Hall–Kier alpha value is -3.40. The maximum atomic E-state index is 11.7. The van der Waals surface area contributed by atoms with Gasteiger partial charge in [-0.2, -0.15) is 0 Å². The molecule has 0 saturated heterocycles. The molecule has 0 amide bonds. The Bertz CT molecular complexity index is 873. The van der Waals surface area contributed by atoms with Crippen LogP contribution in [0.3, 0.4) is 0 Å². The molecule has 3 rings (SSSR count). The lowest BCUT2D eigenvalue weighted by Gasteiger charge is -2.14. The molecule has 0 aliphatic rings. The van der Waals surface area contributed by atoms with Gasteiger partial charge in [0.25, 0.3) is 0 Å². The van der Waals surface area contributed by atoms with Gasteiger partial charge in [0, 0.05) is 5.56 Å². The van der Waals surface area contributed by atoms with E-state index in [1.807, 2.05) is 60.7 Å². The first kappa shape index (κ1) is 17.4. The minimum absolute atomic E-state index is 0.273. The van der Waals surface area contributed by atoms with Crippen LogP contribution in [-0.2, 0) is 18.0 Å². The predicted molar refractivity (Wildman–Crippen MR) is 98.4 cm³/mol. The number of hydrogen-bond donors (Lipinski definition) is 0. The topological polar surface area (TPSA) is 52.6 Å². The largest absolute Gasteiger partial charge is 0.485 e. The smallest absolute Gasteiger partial charge is 0.225 e. The molecular formula is C22H18O4. The van der Waals surface area contributed by atoms with Gasteiger partial charge in [0.15, 0.2) is 17.8 Å². The van der Waals surface area contributed by atoms with Crippen molar-refractivity contribution in [1.29, 1.82) is 0 Å². The molecule has 0 atom stereocenters. The predicted octanol–water partition coefficient (Wildman–Crippen LogP) is 4.23. The third-order valence-electron chi connectivity index (χ3n) is 3.81. The number of benzene rings is 3. The number of Topliss-reactive ketones (excluding diaryl/α,β-unsaturated/α-hetero) is 1. The highest BCUT2D eigenvalue weighted by atomic mass is 16.5. The molecule has 3 aromatic carbocycles. The summed E-state index contributed by atoms with van der Waals surface area (Å²) in [6.07, 6.45) is 0.292. The van der Waals surface area contributed by atoms with E-state index in [1.165, 1.54) is 0 Å². The van der Waals surface area contributed by atoms with Crippen LogP contribution in [0.15, 0.2) is 78.9 Å². The second-order valence-electron chi connectivity index (χ2n) is 5.69. The van der Waals surface area contributed by atoms with Crippen LogP contribution in [0.5, 0.6) is 11.5 Å². The highest BCUT2D eigenvalue weighted by molar-refractivity contribution is 6.33. The Labute approximate surface area is 152 Å².